The molecule has 8 heteroatoms. The number of thioether (sulfide) groups is 1. The summed E-state index contributed by atoms with van der Waals surface area (Å²) in [5.74, 6) is 0.949. The van der Waals surface area contributed by atoms with E-state index in [4.69, 9.17) is 28.2 Å². The number of fused-ring (bicyclic) bond motifs is 1. The molecule has 0 aromatic heterocycles. The van der Waals surface area contributed by atoms with Crippen LogP contribution < -0.4 is 4.90 Å². The zero-order chi connectivity index (χ0) is 20.1. The van der Waals surface area contributed by atoms with Gasteiger partial charge in [0.25, 0.3) is 0 Å². The monoisotopic (exact) mass is 454 g/mol. The molecule has 2 heterocycles. The van der Waals surface area contributed by atoms with Gasteiger partial charge in [-0.1, -0.05) is 58.7 Å². The van der Waals surface area contributed by atoms with Crippen molar-refractivity contribution < 1.29 is 8.42 Å². The number of rotatable bonds is 3. The van der Waals surface area contributed by atoms with Crippen LogP contribution in [-0.4, -0.2) is 37.2 Å². The van der Waals surface area contributed by atoms with Crippen LogP contribution >= 0.6 is 35.0 Å². The van der Waals surface area contributed by atoms with Crippen LogP contribution in [0.1, 0.15) is 16.7 Å². The predicted octanol–water partition coefficient (Wildman–Crippen LogP) is 4.89. The average Bonchev–Trinajstić information content (AvgIpc) is 3.08. The number of hydrogen-bond acceptors (Lipinski definition) is 5. The van der Waals surface area contributed by atoms with Crippen LogP contribution in [0.3, 0.4) is 0 Å². The lowest BCUT2D eigenvalue weighted by molar-refractivity contribution is 0.601. The van der Waals surface area contributed by atoms with Gasteiger partial charge in [-0.3, -0.25) is 4.99 Å². The number of aryl methyl sites for hydroxylation is 2. The molecule has 148 valence electrons. The molecule has 2 aliphatic heterocycles. The molecule has 0 bridgehead atoms. The Kier molecular flexibility index (Phi) is 5.42. The number of benzene rings is 2. The third-order valence-electron chi connectivity index (χ3n) is 5.07. The fourth-order valence-electron chi connectivity index (χ4n) is 3.77. The summed E-state index contributed by atoms with van der Waals surface area (Å²) < 4.78 is 24.4. The molecule has 28 heavy (non-hydrogen) atoms. The summed E-state index contributed by atoms with van der Waals surface area (Å²) >= 11 is 13.7. The highest BCUT2D eigenvalue weighted by Gasteiger charge is 2.47. The Morgan fingerprint density at radius 1 is 1.11 bits per heavy atom. The topological polar surface area (TPSA) is 49.7 Å². The fraction of sp³-hybridized carbons (Fsp3) is 0.350. The molecule has 2 aromatic rings. The smallest absolute Gasteiger partial charge is 0.164 e. The summed E-state index contributed by atoms with van der Waals surface area (Å²) in [6.45, 7) is 4.11. The minimum Gasteiger partial charge on any atom is -0.315 e. The van der Waals surface area contributed by atoms with Gasteiger partial charge in [-0.25, -0.2) is 8.42 Å². The van der Waals surface area contributed by atoms with Crippen molar-refractivity contribution in [1.82, 2.24) is 0 Å². The molecular weight excluding hydrogens is 435 g/mol. The standard InChI is InChI=1S/C20H20Cl2N2O2S2/c1-12-3-6-18(13(2)7-12)24-19-11-28(25,26)10-17(19)23-20(24)27-9-14-4-5-15(21)16(22)8-14/h3-8,17,19H,9-11H2,1-2H3/t17-,19-/m0/s1. The summed E-state index contributed by atoms with van der Waals surface area (Å²) in [6.07, 6.45) is 0. The summed E-state index contributed by atoms with van der Waals surface area (Å²) in [5.41, 5.74) is 4.37. The fourth-order valence-corrected chi connectivity index (χ4v) is 6.99. The maximum atomic E-state index is 12.2. The van der Waals surface area contributed by atoms with Crippen LogP contribution in [0.15, 0.2) is 41.4 Å². The van der Waals surface area contributed by atoms with Crippen molar-refractivity contribution in [2.75, 3.05) is 16.4 Å². The van der Waals surface area contributed by atoms with Gasteiger partial charge in [0.2, 0.25) is 0 Å². The van der Waals surface area contributed by atoms with Gasteiger partial charge < -0.3 is 4.90 Å². The largest absolute Gasteiger partial charge is 0.315 e. The lowest BCUT2D eigenvalue weighted by Crippen LogP contribution is -2.39. The highest BCUT2D eigenvalue weighted by atomic mass is 35.5. The first-order chi connectivity index (χ1) is 13.2. The Morgan fingerprint density at radius 3 is 2.61 bits per heavy atom. The van der Waals surface area contributed by atoms with E-state index in [0.29, 0.717) is 15.8 Å². The predicted molar refractivity (Wildman–Crippen MR) is 120 cm³/mol. The molecule has 2 aromatic carbocycles. The molecule has 0 saturated carbocycles. The number of aliphatic imine (C=N–C) groups is 1. The molecule has 2 aliphatic rings. The van der Waals surface area contributed by atoms with Gasteiger partial charge in [0, 0.05) is 11.4 Å². The van der Waals surface area contributed by atoms with Crippen molar-refractivity contribution in [3.8, 4) is 0 Å². The van der Waals surface area contributed by atoms with Gasteiger partial charge in [-0.2, -0.15) is 0 Å². The average molecular weight is 455 g/mol. The minimum absolute atomic E-state index is 0.121. The molecular formula is C20H20Cl2N2O2S2. The van der Waals surface area contributed by atoms with Crippen molar-refractivity contribution in [1.29, 1.82) is 0 Å². The van der Waals surface area contributed by atoms with Crippen molar-refractivity contribution >= 4 is 55.7 Å². The van der Waals surface area contributed by atoms with Crippen LogP contribution in [0.2, 0.25) is 10.0 Å². The van der Waals surface area contributed by atoms with E-state index < -0.39 is 9.84 Å². The van der Waals surface area contributed by atoms with E-state index in [1.54, 1.807) is 17.8 Å². The molecule has 0 aliphatic carbocycles. The van der Waals surface area contributed by atoms with Crippen molar-refractivity contribution in [3.05, 3.63) is 63.1 Å². The lowest BCUT2D eigenvalue weighted by Gasteiger charge is -2.28. The number of sulfone groups is 1. The quantitative estimate of drug-likeness (QED) is 0.662. The summed E-state index contributed by atoms with van der Waals surface area (Å²) in [5, 5.41) is 1.93. The van der Waals surface area contributed by atoms with E-state index in [2.05, 4.69) is 36.9 Å². The van der Waals surface area contributed by atoms with Gasteiger partial charge in [0.15, 0.2) is 15.0 Å². The number of halogens is 2. The van der Waals surface area contributed by atoms with E-state index in [0.717, 1.165) is 22.0 Å². The molecule has 0 spiro atoms. The second-order valence-electron chi connectivity index (χ2n) is 7.32. The van der Waals surface area contributed by atoms with Gasteiger partial charge >= 0.3 is 0 Å². The SMILES string of the molecule is Cc1ccc(N2C(SCc3ccc(Cl)c(Cl)c3)=N[C@H]3CS(=O)(=O)C[C@@H]32)c(C)c1. The zero-order valence-corrected chi connectivity index (χ0v) is 18.7. The van der Waals surface area contributed by atoms with Gasteiger partial charge in [0.05, 0.1) is 33.6 Å². The van der Waals surface area contributed by atoms with E-state index in [1.165, 1.54) is 5.56 Å². The first kappa shape index (κ1) is 20.1. The third-order valence-corrected chi connectivity index (χ3v) is 8.55. The van der Waals surface area contributed by atoms with Crippen LogP contribution in [0, 0.1) is 13.8 Å². The second kappa shape index (κ2) is 7.56. The molecule has 4 nitrogen and oxygen atoms in total. The Labute approximate surface area is 179 Å². The Bertz CT molecular complexity index is 1070. The second-order valence-corrected chi connectivity index (χ2v) is 11.2. The van der Waals surface area contributed by atoms with Crippen LogP contribution in [-0.2, 0) is 15.6 Å². The Morgan fingerprint density at radius 2 is 1.89 bits per heavy atom. The van der Waals surface area contributed by atoms with Gasteiger partial charge in [-0.15, -0.1) is 0 Å². The molecule has 1 fully saturated rings. The zero-order valence-electron chi connectivity index (χ0n) is 15.5. The van der Waals surface area contributed by atoms with Gasteiger partial charge in [0.1, 0.15) is 0 Å². The number of anilines is 1. The van der Waals surface area contributed by atoms with E-state index in [1.807, 2.05) is 12.1 Å². The molecule has 0 amide bonds. The first-order valence-electron chi connectivity index (χ1n) is 8.95. The highest BCUT2D eigenvalue weighted by molar-refractivity contribution is 8.13. The maximum absolute atomic E-state index is 12.2. The third kappa shape index (κ3) is 3.92. The molecule has 0 N–H and O–H groups in total. The van der Waals surface area contributed by atoms with E-state index >= 15 is 0 Å². The molecule has 4 rings (SSSR count). The van der Waals surface area contributed by atoms with Crippen LogP contribution in [0.25, 0.3) is 0 Å². The lowest BCUT2D eigenvalue weighted by atomic mass is 10.1. The maximum Gasteiger partial charge on any atom is 0.164 e. The van der Waals surface area contributed by atoms with Gasteiger partial charge in [-0.05, 0) is 43.2 Å². The molecule has 0 radical (unpaired) electrons. The number of hydrogen-bond donors (Lipinski definition) is 0. The Hall–Kier alpha value is -1.21. The Balaban J connectivity index is 1.64. The van der Waals surface area contributed by atoms with E-state index in [-0.39, 0.29) is 23.6 Å². The van der Waals surface area contributed by atoms with Crippen molar-refractivity contribution in [2.24, 2.45) is 4.99 Å². The van der Waals surface area contributed by atoms with E-state index in [9.17, 15) is 8.42 Å². The number of amidine groups is 1. The molecule has 2 atom stereocenters. The number of nitrogens with zero attached hydrogens (tertiary/aromatic N) is 2. The normalized spacial score (nSPS) is 23.0. The first-order valence-corrected chi connectivity index (χ1v) is 12.5. The van der Waals surface area contributed by atoms with Crippen LogP contribution in [0.4, 0.5) is 5.69 Å². The van der Waals surface area contributed by atoms with Crippen molar-refractivity contribution in [3.63, 3.8) is 0 Å². The molecule has 0 unspecified atom stereocenters. The van der Waals surface area contributed by atoms with Crippen molar-refractivity contribution in [2.45, 2.75) is 31.7 Å². The summed E-state index contributed by atoms with van der Waals surface area (Å²) in [4.78, 5) is 6.91. The minimum atomic E-state index is -3.06. The highest BCUT2D eigenvalue weighted by Crippen LogP contribution is 2.37. The molecule has 1 saturated heterocycles. The summed E-state index contributed by atoms with van der Waals surface area (Å²) in [7, 11) is -3.06. The van der Waals surface area contributed by atoms with Crippen LogP contribution in [0.5, 0.6) is 0 Å². The summed E-state index contributed by atoms with van der Waals surface area (Å²) in [6, 6.07) is 11.5.